The summed E-state index contributed by atoms with van der Waals surface area (Å²) in [5, 5.41) is 11.5. The molecule has 3 heterocycles. The summed E-state index contributed by atoms with van der Waals surface area (Å²) in [6.45, 7) is 5.77. The van der Waals surface area contributed by atoms with Crippen molar-refractivity contribution >= 4 is 17.0 Å². The Kier molecular flexibility index (Phi) is 6.10. The molecule has 0 saturated carbocycles. The number of aromatic amines is 1. The Morgan fingerprint density at radius 3 is 2.56 bits per heavy atom. The number of H-pyrrole nitrogens is 1. The number of rotatable bonds is 3. The molecule has 0 aliphatic carbocycles. The summed E-state index contributed by atoms with van der Waals surface area (Å²) < 4.78 is 18.0. The Bertz CT molecular complexity index is 1150. The standard InChI is InChI=1S/C27H32N2O5/c1-26(2)33-17-27(18-34-26)20(15-30)12-13-29(25(31)32-16-19-8-4-3-5-9-19)14-22-21-10-6-7-11-23(21)28-24(22)27/h3-11,20,28,30H,12-18H2,1-2H3/t20-/m1/s1. The van der Waals surface area contributed by atoms with Crippen LogP contribution in [0.4, 0.5) is 4.79 Å². The van der Waals surface area contributed by atoms with E-state index >= 15 is 0 Å². The first kappa shape index (κ1) is 22.9. The molecule has 7 heteroatoms. The van der Waals surface area contributed by atoms with Gasteiger partial charge < -0.3 is 29.2 Å². The molecular weight excluding hydrogens is 432 g/mol. The van der Waals surface area contributed by atoms with Crippen molar-refractivity contribution in [2.75, 3.05) is 26.4 Å². The maximum atomic E-state index is 13.1. The Labute approximate surface area is 199 Å². The molecule has 1 aromatic heterocycles. The van der Waals surface area contributed by atoms with Gasteiger partial charge in [0.1, 0.15) is 6.61 Å². The minimum atomic E-state index is -0.674. The van der Waals surface area contributed by atoms with Crippen LogP contribution in [0.25, 0.3) is 10.9 Å². The lowest BCUT2D eigenvalue weighted by Crippen LogP contribution is -2.56. The van der Waals surface area contributed by atoms with E-state index in [1.165, 1.54) is 0 Å². The molecule has 2 aromatic carbocycles. The highest BCUT2D eigenvalue weighted by Gasteiger charge is 2.50. The number of benzene rings is 2. The molecule has 7 nitrogen and oxygen atoms in total. The summed E-state index contributed by atoms with van der Waals surface area (Å²) >= 11 is 0. The number of aromatic nitrogens is 1. The van der Waals surface area contributed by atoms with Crippen LogP contribution in [0, 0.1) is 5.92 Å². The summed E-state index contributed by atoms with van der Waals surface area (Å²) in [5.41, 5.74) is 3.41. The number of hydrogen-bond donors (Lipinski definition) is 2. The third kappa shape index (κ3) is 4.19. The van der Waals surface area contributed by atoms with Gasteiger partial charge in [0, 0.05) is 35.3 Å². The third-order valence-electron chi connectivity index (χ3n) is 7.23. The van der Waals surface area contributed by atoms with Gasteiger partial charge >= 0.3 is 6.09 Å². The third-order valence-corrected chi connectivity index (χ3v) is 7.23. The number of carbonyl (C=O) groups is 1. The molecular formula is C27H32N2O5. The highest BCUT2D eigenvalue weighted by atomic mass is 16.7. The van der Waals surface area contributed by atoms with Gasteiger partial charge in [-0.2, -0.15) is 0 Å². The number of hydrogen-bond acceptors (Lipinski definition) is 5. The second-order valence-electron chi connectivity index (χ2n) is 9.79. The Morgan fingerprint density at radius 2 is 1.82 bits per heavy atom. The normalized spacial score (nSPS) is 21.6. The van der Waals surface area contributed by atoms with E-state index < -0.39 is 11.2 Å². The fraction of sp³-hybridized carbons (Fsp3) is 0.444. The summed E-state index contributed by atoms with van der Waals surface area (Å²) in [6.07, 6.45) is 0.254. The van der Waals surface area contributed by atoms with Gasteiger partial charge in [-0.05, 0) is 37.8 Å². The quantitative estimate of drug-likeness (QED) is 0.603. The number of amides is 1. The van der Waals surface area contributed by atoms with E-state index in [0.717, 1.165) is 27.7 Å². The van der Waals surface area contributed by atoms with Crippen LogP contribution in [-0.2, 0) is 32.8 Å². The van der Waals surface area contributed by atoms with E-state index in [9.17, 15) is 9.90 Å². The Balaban J connectivity index is 1.50. The van der Waals surface area contributed by atoms with Crippen LogP contribution in [0.5, 0.6) is 0 Å². The highest BCUT2D eigenvalue weighted by molar-refractivity contribution is 5.85. The number of ether oxygens (including phenoxy) is 3. The van der Waals surface area contributed by atoms with Gasteiger partial charge in [0.25, 0.3) is 0 Å². The molecule has 3 aromatic rings. The molecule has 1 spiro atoms. The number of fused-ring (bicyclic) bond motifs is 4. The van der Waals surface area contributed by atoms with Gasteiger partial charge in [-0.25, -0.2) is 4.79 Å². The van der Waals surface area contributed by atoms with E-state index in [1.807, 2.05) is 62.4 Å². The van der Waals surface area contributed by atoms with Crippen LogP contribution in [0.3, 0.4) is 0 Å². The maximum absolute atomic E-state index is 13.1. The lowest BCUT2D eigenvalue weighted by atomic mass is 9.70. The zero-order valence-corrected chi connectivity index (χ0v) is 19.8. The number of nitrogens with zero attached hydrogens (tertiary/aromatic N) is 1. The minimum absolute atomic E-state index is 0.0329. The summed E-state index contributed by atoms with van der Waals surface area (Å²) in [6, 6.07) is 17.8. The lowest BCUT2D eigenvalue weighted by Gasteiger charge is -2.48. The molecule has 0 unspecified atom stereocenters. The van der Waals surface area contributed by atoms with E-state index in [1.54, 1.807) is 4.90 Å². The number of carbonyl (C=O) groups excluding carboxylic acids is 1. The second-order valence-corrected chi connectivity index (χ2v) is 9.79. The van der Waals surface area contributed by atoms with Crippen molar-refractivity contribution in [3.05, 3.63) is 71.4 Å². The van der Waals surface area contributed by atoms with E-state index in [0.29, 0.717) is 32.7 Å². The van der Waals surface area contributed by atoms with Crippen molar-refractivity contribution in [1.29, 1.82) is 0 Å². The van der Waals surface area contributed by atoms with Gasteiger partial charge in [0.2, 0.25) is 0 Å². The molecule has 2 aliphatic heterocycles. The van der Waals surface area contributed by atoms with Crippen LogP contribution < -0.4 is 0 Å². The molecule has 2 aliphatic rings. The largest absolute Gasteiger partial charge is 0.445 e. The van der Waals surface area contributed by atoms with Gasteiger partial charge in [-0.1, -0.05) is 48.5 Å². The topological polar surface area (TPSA) is 84.0 Å². The second kappa shape index (κ2) is 9.06. The van der Waals surface area contributed by atoms with Crippen LogP contribution in [0.1, 0.15) is 37.1 Å². The predicted octanol–water partition coefficient (Wildman–Crippen LogP) is 4.34. The molecule has 1 amide bonds. The fourth-order valence-electron chi connectivity index (χ4n) is 5.15. The van der Waals surface area contributed by atoms with Gasteiger partial charge in [0.15, 0.2) is 5.79 Å². The maximum Gasteiger partial charge on any atom is 0.410 e. The summed E-state index contributed by atoms with van der Waals surface area (Å²) in [7, 11) is 0. The predicted molar refractivity (Wildman–Crippen MR) is 128 cm³/mol. The molecule has 1 fully saturated rings. The molecule has 5 rings (SSSR count). The van der Waals surface area contributed by atoms with Gasteiger partial charge in [0.05, 0.1) is 25.2 Å². The Morgan fingerprint density at radius 1 is 1.12 bits per heavy atom. The van der Waals surface area contributed by atoms with Crippen molar-refractivity contribution in [3.8, 4) is 0 Å². The number of nitrogens with one attached hydrogen (secondary N) is 1. The highest BCUT2D eigenvalue weighted by Crippen LogP contribution is 2.45. The molecule has 0 radical (unpaired) electrons. The minimum Gasteiger partial charge on any atom is -0.445 e. The van der Waals surface area contributed by atoms with Gasteiger partial charge in [-0.3, -0.25) is 0 Å². The van der Waals surface area contributed by atoms with Crippen molar-refractivity contribution in [2.24, 2.45) is 5.92 Å². The SMILES string of the molecule is CC1(C)OCC2(CO1)c1[nH]c3ccccc3c1CN(C(=O)OCc1ccccc1)CC[C@@H]2CO. The zero-order chi connectivity index (χ0) is 23.8. The first-order valence-electron chi connectivity index (χ1n) is 11.9. The van der Waals surface area contributed by atoms with Crippen LogP contribution in [0.15, 0.2) is 54.6 Å². The monoisotopic (exact) mass is 464 g/mol. The average Bonchev–Trinajstić information content (AvgIpc) is 3.21. The molecule has 34 heavy (non-hydrogen) atoms. The first-order valence-corrected chi connectivity index (χ1v) is 11.9. The molecule has 2 N–H and O–H groups in total. The molecule has 1 atom stereocenters. The lowest BCUT2D eigenvalue weighted by molar-refractivity contribution is -0.278. The average molecular weight is 465 g/mol. The van der Waals surface area contributed by atoms with Crippen LogP contribution >= 0.6 is 0 Å². The van der Waals surface area contributed by atoms with Crippen molar-refractivity contribution in [1.82, 2.24) is 9.88 Å². The van der Waals surface area contributed by atoms with Crippen LogP contribution in [-0.4, -0.2) is 53.2 Å². The van der Waals surface area contributed by atoms with Crippen molar-refractivity contribution in [3.63, 3.8) is 0 Å². The van der Waals surface area contributed by atoms with E-state index in [-0.39, 0.29) is 25.2 Å². The number of para-hydroxylation sites is 1. The van der Waals surface area contributed by atoms with Gasteiger partial charge in [-0.15, -0.1) is 0 Å². The number of aliphatic hydroxyl groups excluding tert-OH is 1. The molecule has 0 bridgehead atoms. The van der Waals surface area contributed by atoms with Crippen LogP contribution in [0.2, 0.25) is 0 Å². The van der Waals surface area contributed by atoms with Crippen molar-refractivity contribution in [2.45, 2.75) is 44.6 Å². The molecule has 1 saturated heterocycles. The zero-order valence-electron chi connectivity index (χ0n) is 19.8. The summed E-state index contributed by atoms with van der Waals surface area (Å²) in [4.78, 5) is 18.5. The van der Waals surface area contributed by atoms with E-state index in [4.69, 9.17) is 14.2 Å². The van der Waals surface area contributed by atoms with Crippen molar-refractivity contribution < 1.29 is 24.1 Å². The summed E-state index contributed by atoms with van der Waals surface area (Å²) in [5.74, 6) is -0.826. The number of aliphatic hydroxyl groups is 1. The first-order chi connectivity index (χ1) is 16.4. The Hall–Kier alpha value is -2.87. The molecule has 180 valence electrons. The van der Waals surface area contributed by atoms with E-state index in [2.05, 4.69) is 11.1 Å². The fourth-order valence-corrected chi connectivity index (χ4v) is 5.15. The smallest absolute Gasteiger partial charge is 0.410 e.